The van der Waals surface area contributed by atoms with Gasteiger partial charge in [0.1, 0.15) is 16.7 Å². The molecule has 0 spiro atoms. The van der Waals surface area contributed by atoms with Gasteiger partial charge in [0.2, 0.25) is 10.0 Å². The third-order valence-electron chi connectivity index (χ3n) is 3.65. The molecule has 1 saturated heterocycles. The Bertz CT molecular complexity index is 650. The van der Waals surface area contributed by atoms with Crippen LogP contribution in [0.15, 0.2) is 17.0 Å². The van der Waals surface area contributed by atoms with Gasteiger partial charge in [0, 0.05) is 19.1 Å². The van der Waals surface area contributed by atoms with E-state index in [0.29, 0.717) is 12.4 Å². The van der Waals surface area contributed by atoms with E-state index in [4.69, 9.17) is 5.26 Å². The van der Waals surface area contributed by atoms with Crippen molar-refractivity contribution in [3.05, 3.63) is 17.8 Å². The Balaban J connectivity index is 2.19. The molecule has 1 aromatic rings. The van der Waals surface area contributed by atoms with Crippen LogP contribution in [0.25, 0.3) is 0 Å². The molecule has 6 nitrogen and oxygen atoms in total. The van der Waals surface area contributed by atoms with Crippen molar-refractivity contribution in [2.75, 3.05) is 18.0 Å². The van der Waals surface area contributed by atoms with E-state index in [1.54, 1.807) is 0 Å². The molecule has 1 fully saturated rings. The van der Waals surface area contributed by atoms with Crippen molar-refractivity contribution in [3.63, 3.8) is 0 Å². The molecule has 7 heteroatoms. The van der Waals surface area contributed by atoms with Crippen LogP contribution in [0, 0.1) is 11.3 Å². The molecule has 0 bridgehead atoms. The van der Waals surface area contributed by atoms with Crippen molar-refractivity contribution in [2.45, 2.75) is 30.2 Å². The number of aromatic nitrogens is 1. The molecule has 0 amide bonds. The highest BCUT2D eigenvalue weighted by Gasteiger charge is 2.34. The van der Waals surface area contributed by atoms with E-state index in [0.717, 1.165) is 25.8 Å². The summed E-state index contributed by atoms with van der Waals surface area (Å²) >= 11 is 0. The minimum absolute atomic E-state index is 0.131. The van der Waals surface area contributed by atoms with Crippen molar-refractivity contribution in [3.8, 4) is 6.07 Å². The first-order valence-electron chi connectivity index (χ1n) is 6.29. The zero-order valence-electron chi connectivity index (χ0n) is 10.3. The minimum Gasteiger partial charge on any atom is -0.351 e. The second kappa shape index (κ2) is 4.47. The van der Waals surface area contributed by atoms with E-state index >= 15 is 0 Å². The van der Waals surface area contributed by atoms with Gasteiger partial charge in [-0.05, 0) is 31.4 Å². The van der Waals surface area contributed by atoms with Crippen LogP contribution in [0.4, 0.5) is 5.82 Å². The topological polar surface area (TPSA) is 86.1 Å². The molecule has 100 valence electrons. The van der Waals surface area contributed by atoms with Gasteiger partial charge in [-0.2, -0.15) is 5.26 Å². The number of nitrogens with zero attached hydrogens (tertiary/aromatic N) is 3. The van der Waals surface area contributed by atoms with Crippen LogP contribution in [0.5, 0.6) is 0 Å². The number of hydrogen-bond donors (Lipinski definition) is 1. The fourth-order valence-electron chi connectivity index (χ4n) is 2.69. The number of piperidine rings is 1. The average molecular weight is 278 g/mol. The first-order chi connectivity index (χ1) is 9.12. The van der Waals surface area contributed by atoms with E-state index in [1.165, 1.54) is 12.1 Å². The van der Waals surface area contributed by atoms with Gasteiger partial charge in [-0.15, -0.1) is 0 Å². The van der Waals surface area contributed by atoms with Crippen LogP contribution in [0.2, 0.25) is 0 Å². The number of nitriles is 1. The molecular weight excluding hydrogens is 264 g/mol. The highest BCUT2D eigenvalue weighted by Crippen LogP contribution is 2.31. The Morgan fingerprint density at radius 2 is 2.26 bits per heavy atom. The van der Waals surface area contributed by atoms with Crippen LogP contribution >= 0.6 is 0 Å². The molecule has 0 aromatic carbocycles. The highest BCUT2D eigenvalue weighted by atomic mass is 32.2. The van der Waals surface area contributed by atoms with E-state index in [-0.39, 0.29) is 16.6 Å². The SMILES string of the molecule is N#Cc1ccc2c(n1)N1CCCC[C@@H]1CNS2(=O)=O. The molecule has 0 aliphatic carbocycles. The van der Waals surface area contributed by atoms with Crippen LogP contribution in [0.1, 0.15) is 25.0 Å². The largest absolute Gasteiger partial charge is 0.351 e. The zero-order valence-corrected chi connectivity index (χ0v) is 11.2. The number of sulfonamides is 1. The lowest BCUT2D eigenvalue weighted by Crippen LogP contribution is -2.44. The lowest BCUT2D eigenvalue weighted by atomic mass is 10.0. The maximum absolute atomic E-state index is 12.2. The fourth-order valence-corrected chi connectivity index (χ4v) is 3.91. The molecule has 1 aromatic heterocycles. The normalized spacial score (nSPS) is 24.8. The third-order valence-corrected chi connectivity index (χ3v) is 5.10. The maximum Gasteiger partial charge on any atom is 0.244 e. The first-order valence-corrected chi connectivity index (χ1v) is 7.77. The molecule has 0 saturated carbocycles. The number of fused-ring (bicyclic) bond motifs is 3. The number of rotatable bonds is 0. The van der Waals surface area contributed by atoms with Gasteiger partial charge in [-0.3, -0.25) is 0 Å². The highest BCUT2D eigenvalue weighted by molar-refractivity contribution is 7.89. The summed E-state index contributed by atoms with van der Waals surface area (Å²) in [5.41, 5.74) is 0.250. The Kier molecular flexibility index (Phi) is 2.92. The quantitative estimate of drug-likeness (QED) is 0.751. The Hall–Kier alpha value is -1.65. The van der Waals surface area contributed by atoms with Gasteiger partial charge in [0.25, 0.3) is 0 Å². The van der Waals surface area contributed by atoms with Gasteiger partial charge in [-0.25, -0.2) is 18.1 Å². The van der Waals surface area contributed by atoms with Gasteiger partial charge >= 0.3 is 0 Å². The molecule has 0 unspecified atom stereocenters. The molecule has 19 heavy (non-hydrogen) atoms. The number of hydrogen-bond acceptors (Lipinski definition) is 5. The number of anilines is 1. The lowest BCUT2D eigenvalue weighted by Gasteiger charge is -2.35. The molecule has 3 heterocycles. The maximum atomic E-state index is 12.2. The Morgan fingerprint density at radius 3 is 3.05 bits per heavy atom. The second-order valence-corrected chi connectivity index (χ2v) is 6.56. The van der Waals surface area contributed by atoms with Gasteiger partial charge < -0.3 is 4.90 Å². The van der Waals surface area contributed by atoms with Crippen LogP contribution in [-0.2, 0) is 10.0 Å². The monoisotopic (exact) mass is 278 g/mol. The fraction of sp³-hybridized carbons (Fsp3) is 0.500. The van der Waals surface area contributed by atoms with Gasteiger partial charge in [0.15, 0.2) is 5.82 Å². The van der Waals surface area contributed by atoms with Crippen molar-refractivity contribution >= 4 is 15.8 Å². The summed E-state index contributed by atoms with van der Waals surface area (Å²) in [4.78, 5) is 6.42. The predicted molar refractivity (Wildman–Crippen MR) is 69.1 cm³/mol. The molecule has 2 aliphatic rings. The Morgan fingerprint density at radius 1 is 1.42 bits per heavy atom. The summed E-state index contributed by atoms with van der Waals surface area (Å²) in [7, 11) is -3.53. The average Bonchev–Trinajstić information content (AvgIpc) is 2.55. The molecule has 1 atom stereocenters. The van der Waals surface area contributed by atoms with Gasteiger partial charge in [-0.1, -0.05) is 0 Å². The summed E-state index contributed by atoms with van der Waals surface area (Å²) in [6.07, 6.45) is 3.06. The summed E-state index contributed by atoms with van der Waals surface area (Å²) < 4.78 is 27.0. The van der Waals surface area contributed by atoms with Crippen molar-refractivity contribution in [1.82, 2.24) is 9.71 Å². The summed E-state index contributed by atoms with van der Waals surface area (Å²) in [6.45, 7) is 1.19. The molecule has 1 N–H and O–H groups in total. The predicted octanol–water partition coefficient (Wildman–Crippen LogP) is 0.604. The molecule has 2 aliphatic heterocycles. The van der Waals surface area contributed by atoms with E-state index in [2.05, 4.69) is 9.71 Å². The zero-order chi connectivity index (χ0) is 13.5. The third kappa shape index (κ3) is 2.07. The first kappa shape index (κ1) is 12.4. The van der Waals surface area contributed by atoms with Crippen LogP contribution < -0.4 is 9.62 Å². The molecule has 3 rings (SSSR count). The standard InChI is InChI=1S/C12H14N4O2S/c13-7-9-4-5-11-12(15-9)16-6-2-1-3-10(16)8-14-19(11,17)18/h4-5,10,14H,1-3,6,8H2/t10-/m1/s1. The van der Waals surface area contributed by atoms with Crippen LogP contribution in [-0.4, -0.2) is 32.5 Å². The number of nitrogens with one attached hydrogen (secondary N) is 1. The van der Waals surface area contributed by atoms with Crippen molar-refractivity contribution in [2.24, 2.45) is 0 Å². The molecular formula is C12H14N4O2S. The van der Waals surface area contributed by atoms with E-state index < -0.39 is 10.0 Å². The summed E-state index contributed by atoms with van der Waals surface area (Å²) in [6, 6.07) is 5.02. The van der Waals surface area contributed by atoms with E-state index in [9.17, 15) is 8.42 Å². The second-order valence-electron chi connectivity index (χ2n) is 4.82. The number of pyridine rings is 1. The van der Waals surface area contributed by atoms with Crippen molar-refractivity contribution in [1.29, 1.82) is 5.26 Å². The van der Waals surface area contributed by atoms with Crippen LogP contribution in [0.3, 0.4) is 0 Å². The summed E-state index contributed by atoms with van der Waals surface area (Å²) in [5, 5.41) is 8.94. The smallest absolute Gasteiger partial charge is 0.244 e. The van der Waals surface area contributed by atoms with Gasteiger partial charge in [0.05, 0.1) is 0 Å². The lowest BCUT2D eigenvalue weighted by molar-refractivity contribution is 0.454. The Labute approximate surface area is 112 Å². The summed E-state index contributed by atoms with van der Waals surface area (Å²) in [5.74, 6) is 0.425. The minimum atomic E-state index is -3.53. The van der Waals surface area contributed by atoms with Crippen molar-refractivity contribution < 1.29 is 8.42 Å². The molecule has 0 radical (unpaired) electrons. The van der Waals surface area contributed by atoms with E-state index in [1.807, 2.05) is 11.0 Å².